The van der Waals surface area contributed by atoms with Gasteiger partial charge < -0.3 is 9.64 Å². The fourth-order valence-corrected chi connectivity index (χ4v) is 4.32. The minimum absolute atomic E-state index is 0.0468. The van der Waals surface area contributed by atoms with Crippen molar-refractivity contribution in [3.8, 4) is 5.75 Å². The number of aryl methyl sites for hydroxylation is 2. The molecule has 158 valence electrons. The van der Waals surface area contributed by atoms with Crippen molar-refractivity contribution in [2.75, 3.05) is 13.1 Å². The molecule has 1 spiro atoms. The SMILES string of the molecule is Cc1cc(C)c2c(c1)C(=O)CC1(CCN(C(=O)c3ccc(C(F)(F)F)cc3)CC1)O2. The maximum atomic E-state index is 12.8. The van der Waals surface area contributed by atoms with Crippen LogP contribution in [-0.4, -0.2) is 35.3 Å². The van der Waals surface area contributed by atoms with Gasteiger partial charge in [-0.15, -0.1) is 0 Å². The Labute approximate surface area is 172 Å². The number of likely N-dealkylation sites (tertiary alicyclic amines) is 1. The molecular weight excluding hydrogens is 395 g/mol. The molecule has 2 aromatic rings. The van der Waals surface area contributed by atoms with Crippen LogP contribution in [0, 0.1) is 13.8 Å². The fraction of sp³-hybridized carbons (Fsp3) is 0.391. The van der Waals surface area contributed by atoms with Crippen LogP contribution in [0.25, 0.3) is 0 Å². The summed E-state index contributed by atoms with van der Waals surface area (Å²) in [6.07, 6.45) is -3.17. The van der Waals surface area contributed by atoms with Crippen LogP contribution in [-0.2, 0) is 6.18 Å². The van der Waals surface area contributed by atoms with E-state index in [0.29, 0.717) is 37.2 Å². The van der Waals surface area contributed by atoms with Crippen LogP contribution in [0.1, 0.15) is 56.7 Å². The van der Waals surface area contributed by atoms with Crippen LogP contribution in [0.4, 0.5) is 13.2 Å². The van der Waals surface area contributed by atoms with Crippen molar-refractivity contribution in [3.05, 3.63) is 64.2 Å². The van der Waals surface area contributed by atoms with Crippen molar-refractivity contribution in [2.45, 2.75) is 44.9 Å². The standard InChI is InChI=1S/C23H22F3NO3/c1-14-11-15(2)20-18(12-14)19(28)13-22(30-20)7-9-27(10-8-22)21(29)16-3-5-17(6-4-16)23(24,25)26/h3-6,11-12H,7-10,13H2,1-2H3. The monoisotopic (exact) mass is 417 g/mol. The molecule has 0 saturated carbocycles. The Balaban J connectivity index is 1.47. The van der Waals surface area contributed by atoms with E-state index in [1.165, 1.54) is 12.1 Å². The molecular formula is C23H22F3NO3. The summed E-state index contributed by atoms with van der Waals surface area (Å²) in [4.78, 5) is 27.1. The number of carbonyl (C=O) groups is 2. The molecule has 0 bridgehead atoms. The second-order valence-corrected chi connectivity index (χ2v) is 8.21. The van der Waals surface area contributed by atoms with Gasteiger partial charge in [0.05, 0.1) is 17.5 Å². The van der Waals surface area contributed by atoms with Crippen molar-refractivity contribution in [3.63, 3.8) is 0 Å². The number of Topliss-reactive ketones (excluding diaryl/α,β-unsaturated/α-hetero) is 1. The topological polar surface area (TPSA) is 46.6 Å². The summed E-state index contributed by atoms with van der Waals surface area (Å²) in [5.74, 6) is 0.359. The van der Waals surface area contributed by atoms with Gasteiger partial charge in [0.15, 0.2) is 5.78 Å². The van der Waals surface area contributed by atoms with Gasteiger partial charge in [-0.1, -0.05) is 6.07 Å². The van der Waals surface area contributed by atoms with Crippen LogP contribution in [0.2, 0.25) is 0 Å². The number of nitrogens with zero attached hydrogens (tertiary/aromatic N) is 1. The maximum Gasteiger partial charge on any atom is 0.416 e. The number of piperidine rings is 1. The lowest BCUT2D eigenvalue weighted by Crippen LogP contribution is -2.52. The number of hydrogen-bond acceptors (Lipinski definition) is 3. The first kappa shape index (κ1) is 20.4. The van der Waals surface area contributed by atoms with Gasteiger partial charge >= 0.3 is 6.18 Å². The van der Waals surface area contributed by atoms with E-state index < -0.39 is 17.3 Å². The zero-order chi connectivity index (χ0) is 21.7. The maximum absolute atomic E-state index is 12.8. The number of benzene rings is 2. The summed E-state index contributed by atoms with van der Waals surface area (Å²) >= 11 is 0. The van der Waals surface area contributed by atoms with Gasteiger partial charge in [0.2, 0.25) is 0 Å². The highest BCUT2D eigenvalue weighted by molar-refractivity contribution is 6.01. The Kier molecular flexibility index (Phi) is 4.87. The molecule has 0 N–H and O–H groups in total. The molecule has 2 heterocycles. The summed E-state index contributed by atoms with van der Waals surface area (Å²) in [6.45, 7) is 4.62. The van der Waals surface area contributed by atoms with E-state index in [4.69, 9.17) is 4.74 Å². The highest BCUT2D eigenvalue weighted by Crippen LogP contribution is 2.41. The minimum atomic E-state index is -4.43. The van der Waals surface area contributed by atoms with Crippen LogP contribution in [0.15, 0.2) is 36.4 Å². The van der Waals surface area contributed by atoms with Crippen molar-refractivity contribution < 1.29 is 27.5 Å². The number of amides is 1. The van der Waals surface area contributed by atoms with E-state index in [1.807, 2.05) is 26.0 Å². The predicted molar refractivity (Wildman–Crippen MR) is 105 cm³/mol. The van der Waals surface area contributed by atoms with E-state index in [0.717, 1.165) is 23.3 Å². The van der Waals surface area contributed by atoms with E-state index in [9.17, 15) is 22.8 Å². The normalized spacial score (nSPS) is 18.2. The number of carbonyl (C=O) groups excluding carboxylic acids is 2. The van der Waals surface area contributed by atoms with Crippen LogP contribution in [0.5, 0.6) is 5.75 Å². The average molecular weight is 417 g/mol. The third kappa shape index (κ3) is 3.68. The zero-order valence-corrected chi connectivity index (χ0v) is 16.8. The van der Waals surface area contributed by atoms with Gasteiger partial charge in [0, 0.05) is 31.5 Å². The Morgan fingerprint density at radius 3 is 2.30 bits per heavy atom. The molecule has 4 rings (SSSR count). The number of rotatable bonds is 1. The molecule has 1 amide bonds. The van der Waals surface area contributed by atoms with Gasteiger partial charge in [-0.05, 0) is 55.3 Å². The van der Waals surface area contributed by atoms with Crippen molar-refractivity contribution >= 4 is 11.7 Å². The summed E-state index contributed by atoms with van der Waals surface area (Å²) in [6, 6.07) is 8.08. The van der Waals surface area contributed by atoms with E-state index in [-0.39, 0.29) is 23.7 Å². The number of fused-ring (bicyclic) bond motifs is 1. The van der Waals surface area contributed by atoms with Gasteiger partial charge in [0.25, 0.3) is 5.91 Å². The van der Waals surface area contributed by atoms with Crippen LogP contribution >= 0.6 is 0 Å². The van der Waals surface area contributed by atoms with Crippen molar-refractivity contribution in [2.24, 2.45) is 0 Å². The summed E-state index contributed by atoms with van der Waals surface area (Å²) in [5.41, 5.74) is 1.34. The smallest absolute Gasteiger partial charge is 0.416 e. The molecule has 0 aromatic heterocycles. The summed E-state index contributed by atoms with van der Waals surface area (Å²) in [7, 11) is 0. The second-order valence-electron chi connectivity index (χ2n) is 8.21. The third-order valence-electron chi connectivity index (χ3n) is 5.94. The lowest BCUT2D eigenvalue weighted by Gasteiger charge is -2.44. The van der Waals surface area contributed by atoms with Crippen molar-refractivity contribution in [1.29, 1.82) is 0 Å². The molecule has 2 aromatic carbocycles. The first-order valence-corrected chi connectivity index (χ1v) is 9.88. The number of hydrogen-bond donors (Lipinski definition) is 0. The highest BCUT2D eigenvalue weighted by atomic mass is 19.4. The first-order valence-electron chi connectivity index (χ1n) is 9.88. The Morgan fingerprint density at radius 1 is 1.07 bits per heavy atom. The lowest BCUT2D eigenvalue weighted by molar-refractivity contribution is -0.137. The molecule has 0 atom stereocenters. The molecule has 1 saturated heterocycles. The summed E-state index contributed by atoms with van der Waals surface area (Å²) in [5, 5.41) is 0. The van der Waals surface area contributed by atoms with E-state index in [2.05, 4.69) is 0 Å². The fourth-order valence-electron chi connectivity index (χ4n) is 4.32. The van der Waals surface area contributed by atoms with Gasteiger partial charge in [0.1, 0.15) is 11.4 Å². The first-order chi connectivity index (χ1) is 14.1. The quantitative estimate of drug-likeness (QED) is 0.659. The molecule has 2 aliphatic rings. The molecule has 4 nitrogen and oxygen atoms in total. The van der Waals surface area contributed by atoms with Crippen LogP contribution < -0.4 is 4.74 Å². The zero-order valence-electron chi connectivity index (χ0n) is 16.8. The van der Waals surface area contributed by atoms with Crippen LogP contribution in [0.3, 0.4) is 0 Å². The Hall–Kier alpha value is -2.83. The van der Waals surface area contributed by atoms with Crippen molar-refractivity contribution in [1.82, 2.24) is 4.90 Å². The third-order valence-corrected chi connectivity index (χ3v) is 5.94. The summed E-state index contributed by atoms with van der Waals surface area (Å²) < 4.78 is 44.5. The van der Waals surface area contributed by atoms with Gasteiger partial charge in [-0.25, -0.2) is 0 Å². The number of halogens is 3. The Morgan fingerprint density at radius 2 is 1.70 bits per heavy atom. The predicted octanol–water partition coefficient (Wildman–Crippen LogP) is 4.96. The van der Waals surface area contributed by atoms with Gasteiger partial charge in [-0.2, -0.15) is 13.2 Å². The Bertz CT molecular complexity index is 1000. The molecule has 0 aliphatic carbocycles. The number of ketones is 1. The largest absolute Gasteiger partial charge is 0.486 e. The molecule has 7 heteroatoms. The minimum Gasteiger partial charge on any atom is -0.486 e. The van der Waals surface area contributed by atoms with E-state index in [1.54, 1.807) is 4.90 Å². The number of ether oxygens (including phenoxy) is 1. The lowest BCUT2D eigenvalue weighted by atomic mass is 9.81. The molecule has 2 aliphatic heterocycles. The average Bonchev–Trinajstić information content (AvgIpc) is 2.69. The van der Waals surface area contributed by atoms with Gasteiger partial charge in [-0.3, -0.25) is 9.59 Å². The second kappa shape index (κ2) is 7.15. The molecule has 30 heavy (non-hydrogen) atoms. The molecule has 0 radical (unpaired) electrons. The highest BCUT2D eigenvalue weighted by Gasteiger charge is 2.44. The molecule has 0 unspecified atom stereocenters. The molecule has 1 fully saturated rings. The number of alkyl halides is 3. The van der Waals surface area contributed by atoms with E-state index >= 15 is 0 Å².